The van der Waals surface area contributed by atoms with Crippen LogP contribution >= 0.6 is 11.3 Å². The van der Waals surface area contributed by atoms with Crippen molar-refractivity contribution in [2.45, 2.75) is 26.8 Å². The third kappa shape index (κ3) is 2.48. The van der Waals surface area contributed by atoms with Crippen molar-refractivity contribution < 1.29 is 19.4 Å². The number of aliphatic carboxylic acids is 1. The number of hydrogen-bond donors (Lipinski definition) is 2. The molecule has 2 atom stereocenters. The Balaban J connectivity index is 2.15. The van der Waals surface area contributed by atoms with Crippen LogP contribution in [0.25, 0.3) is 0 Å². The largest absolute Gasteiger partial charge is 0.481 e. The van der Waals surface area contributed by atoms with Crippen molar-refractivity contribution in [3.8, 4) is 0 Å². The van der Waals surface area contributed by atoms with E-state index in [0.717, 1.165) is 5.01 Å². The van der Waals surface area contributed by atoms with Gasteiger partial charge in [-0.3, -0.25) is 9.59 Å². The highest BCUT2D eigenvalue weighted by atomic mass is 32.1. The topological polar surface area (TPSA) is 88.5 Å². The number of nitrogens with zero attached hydrogens (tertiary/aromatic N) is 1. The molecule has 0 saturated carbocycles. The second-order valence-corrected chi connectivity index (χ2v) is 6.11. The molecule has 1 aromatic heterocycles. The van der Waals surface area contributed by atoms with E-state index in [1.54, 1.807) is 13.8 Å². The second-order valence-electron chi connectivity index (χ2n) is 4.91. The van der Waals surface area contributed by atoms with E-state index in [2.05, 4.69) is 10.3 Å². The smallest absolute Gasteiger partial charge is 0.313 e. The first-order valence-electron chi connectivity index (χ1n) is 5.90. The minimum Gasteiger partial charge on any atom is -0.481 e. The normalized spacial score (nSPS) is 26.4. The van der Waals surface area contributed by atoms with Crippen LogP contribution in [0.2, 0.25) is 0 Å². The SMILES string of the molecule is Cc1nc(C)c(C(=O)NC2COCC2(C)C(=O)O)s1. The minimum absolute atomic E-state index is 0.105. The van der Waals surface area contributed by atoms with Crippen molar-refractivity contribution in [3.63, 3.8) is 0 Å². The van der Waals surface area contributed by atoms with Crippen molar-refractivity contribution in [1.82, 2.24) is 10.3 Å². The molecule has 0 aliphatic carbocycles. The van der Waals surface area contributed by atoms with Crippen LogP contribution in [0.1, 0.15) is 27.3 Å². The highest BCUT2D eigenvalue weighted by Crippen LogP contribution is 2.29. The Hall–Kier alpha value is -1.47. The van der Waals surface area contributed by atoms with Gasteiger partial charge in [0.25, 0.3) is 5.91 Å². The third-order valence-corrected chi connectivity index (χ3v) is 4.43. The Morgan fingerprint density at radius 3 is 2.74 bits per heavy atom. The summed E-state index contributed by atoms with van der Waals surface area (Å²) < 4.78 is 5.20. The van der Waals surface area contributed by atoms with Gasteiger partial charge in [0, 0.05) is 0 Å². The molecule has 6 nitrogen and oxygen atoms in total. The molecular weight excluding hydrogens is 268 g/mol. The summed E-state index contributed by atoms with van der Waals surface area (Å²) in [5.41, 5.74) is -0.417. The zero-order valence-corrected chi connectivity index (χ0v) is 11.8. The highest BCUT2D eigenvalue weighted by molar-refractivity contribution is 7.13. The minimum atomic E-state index is -1.08. The number of ether oxygens (including phenoxy) is 1. The van der Waals surface area contributed by atoms with E-state index in [1.807, 2.05) is 6.92 Å². The predicted molar refractivity (Wildman–Crippen MR) is 69.4 cm³/mol. The summed E-state index contributed by atoms with van der Waals surface area (Å²) >= 11 is 1.30. The van der Waals surface area contributed by atoms with Crippen LogP contribution in [0.15, 0.2) is 0 Å². The molecule has 19 heavy (non-hydrogen) atoms. The van der Waals surface area contributed by atoms with E-state index >= 15 is 0 Å². The lowest BCUT2D eigenvalue weighted by Crippen LogP contribution is -2.49. The number of carboxylic acids is 1. The lowest BCUT2D eigenvalue weighted by molar-refractivity contribution is -0.148. The van der Waals surface area contributed by atoms with Crippen molar-refractivity contribution in [1.29, 1.82) is 0 Å². The van der Waals surface area contributed by atoms with E-state index in [1.165, 1.54) is 11.3 Å². The highest BCUT2D eigenvalue weighted by Gasteiger charge is 2.47. The monoisotopic (exact) mass is 284 g/mol. The molecule has 1 aliphatic rings. The van der Waals surface area contributed by atoms with Gasteiger partial charge in [-0.1, -0.05) is 0 Å². The number of carbonyl (C=O) groups excluding carboxylic acids is 1. The molecule has 1 fully saturated rings. The summed E-state index contributed by atoms with van der Waals surface area (Å²) in [6.07, 6.45) is 0. The second kappa shape index (κ2) is 4.90. The number of aryl methyl sites for hydroxylation is 2. The Kier molecular flexibility index (Phi) is 3.60. The number of hydrogen-bond acceptors (Lipinski definition) is 5. The number of nitrogens with one attached hydrogen (secondary N) is 1. The van der Waals surface area contributed by atoms with E-state index in [0.29, 0.717) is 10.6 Å². The summed E-state index contributed by atoms with van der Waals surface area (Å²) in [6.45, 7) is 5.49. The number of carboxylic acid groups (broad SMARTS) is 1. The maximum absolute atomic E-state index is 12.2. The Labute approximate surface area is 114 Å². The molecule has 1 amide bonds. The number of rotatable bonds is 3. The fourth-order valence-corrected chi connectivity index (χ4v) is 2.87. The Morgan fingerprint density at radius 2 is 2.21 bits per heavy atom. The first kappa shape index (κ1) is 14.0. The lowest BCUT2D eigenvalue weighted by Gasteiger charge is -2.25. The van der Waals surface area contributed by atoms with Crippen molar-refractivity contribution in [2.75, 3.05) is 13.2 Å². The van der Waals surface area contributed by atoms with Crippen LogP contribution in [-0.2, 0) is 9.53 Å². The summed E-state index contributed by atoms with van der Waals surface area (Å²) in [7, 11) is 0. The van der Waals surface area contributed by atoms with Gasteiger partial charge < -0.3 is 15.2 Å². The molecule has 2 N–H and O–H groups in total. The summed E-state index contributed by atoms with van der Waals surface area (Å²) in [4.78, 5) is 28.2. The Morgan fingerprint density at radius 1 is 1.53 bits per heavy atom. The molecule has 1 saturated heterocycles. The van der Waals surface area contributed by atoms with Gasteiger partial charge in [0.1, 0.15) is 10.3 Å². The molecule has 2 unspecified atom stereocenters. The van der Waals surface area contributed by atoms with Gasteiger partial charge in [-0.05, 0) is 20.8 Å². The number of carbonyl (C=O) groups is 2. The lowest BCUT2D eigenvalue weighted by atomic mass is 9.85. The van der Waals surface area contributed by atoms with Gasteiger partial charge in [-0.15, -0.1) is 11.3 Å². The van der Waals surface area contributed by atoms with E-state index in [9.17, 15) is 14.7 Å². The molecule has 0 radical (unpaired) electrons. The van der Waals surface area contributed by atoms with Crippen LogP contribution in [0.4, 0.5) is 0 Å². The van der Waals surface area contributed by atoms with Gasteiger partial charge in [-0.25, -0.2) is 4.98 Å². The van der Waals surface area contributed by atoms with Crippen LogP contribution in [0.5, 0.6) is 0 Å². The van der Waals surface area contributed by atoms with Gasteiger partial charge in [0.05, 0.1) is 30.0 Å². The molecule has 0 aromatic carbocycles. The average Bonchev–Trinajstić information content (AvgIpc) is 2.84. The van der Waals surface area contributed by atoms with Gasteiger partial charge in [0.15, 0.2) is 0 Å². The van der Waals surface area contributed by atoms with Gasteiger partial charge >= 0.3 is 5.97 Å². The quantitative estimate of drug-likeness (QED) is 0.863. The molecule has 2 rings (SSSR count). The molecule has 1 aliphatic heterocycles. The number of aromatic nitrogens is 1. The van der Waals surface area contributed by atoms with Crippen LogP contribution in [-0.4, -0.2) is 41.2 Å². The van der Waals surface area contributed by atoms with Crippen molar-refractivity contribution >= 4 is 23.2 Å². The molecular formula is C12H16N2O4S. The first-order chi connectivity index (χ1) is 8.84. The summed E-state index contributed by atoms with van der Waals surface area (Å²) in [6, 6.07) is -0.528. The Bertz CT molecular complexity index is 528. The maximum Gasteiger partial charge on any atom is 0.313 e. The molecule has 0 bridgehead atoms. The molecule has 1 aromatic rings. The van der Waals surface area contributed by atoms with Crippen molar-refractivity contribution in [2.24, 2.45) is 5.41 Å². The summed E-state index contributed by atoms with van der Waals surface area (Å²) in [5.74, 6) is -1.25. The molecule has 0 spiro atoms. The fourth-order valence-electron chi connectivity index (χ4n) is 2.05. The molecule has 7 heteroatoms. The summed E-state index contributed by atoms with van der Waals surface area (Å²) in [5, 5.41) is 12.8. The van der Waals surface area contributed by atoms with E-state index < -0.39 is 17.4 Å². The maximum atomic E-state index is 12.2. The molecule has 2 heterocycles. The van der Waals surface area contributed by atoms with Crippen LogP contribution < -0.4 is 5.32 Å². The van der Waals surface area contributed by atoms with Crippen LogP contribution in [0, 0.1) is 19.3 Å². The van der Waals surface area contributed by atoms with Crippen LogP contribution in [0.3, 0.4) is 0 Å². The van der Waals surface area contributed by atoms with E-state index in [-0.39, 0.29) is 19.1 Å². The predicted octanol–water partition coefficient (Wildman–Crippen LogP) is 0.979. The van der Waals surface area contributed by atoms with E-state index in [4.69, 9.17) is 4.74 Å². The fraction of sp³-hybridized carbons (Fsp3) is 0.583. The van der Waals surface area contributed by atoms with Crippen molar-refractivity contribution in [3.05, 3.63) is 15.6 Å². The van der Waals surface area contributed by atoms with Gasteiger partial charge in [-0.2, -0.15) is 0 Å². The average molecular weight is 284 g/mol. The zero-order valence-electron chi connectivity index (χ0n) is 11.0. The van der Waals surface area contributed by atoms with Gasteiger partial charge in [0.2, 0.25) is 0 Å². The number of amides is 1. The zero-order chi connectivity index (χ0) is 14.2. The molecule has 104 valence electrons. The standard InChI is InChI=1S/C12H16N2O4S/c1-6-9(19-7(2)13-6)10(15)14-8-4-18-5-12(8,3)11(16)17/h8H,4-5H2,1-3H3,(H,14,15)(H,16,17). The third-order valence-electron chi connectivity index (χ3n) is 3.36. The number of thiazole rings is 1. The first-order valence-corrected chi connectivity index (χ1v) is 6.72.